The first-order chi connectivity index (χ1) is 36.3. The van der Waals surface area contributed by atoms with Crippen LogP contribution >= 0.6 is 0 Å². The summed E-state index contributed by atoms with van der Waals surface area (Å²) in [5.41, 5.74) is 0.590. The van der Waals surface area contributed by atoms with Crippen LogP contribution in [0.4, 0.5) is 0 Å². The molecule has 3 aliphatic heterocycles. The molecule has 1 aromatic carbocycles. The van der Waals surface area contributed by atoms with Gasteiger partial charge in [0.25, 0.3) is 0 Å². The number of amides is 7. The van der Waals surface area contributed by atoms with Crippen molar-refractivity contribution in [1.82, 2.24) is 51.5 Å². The third-order valence-electron chi connectivity index (χ3n) is 14.6. The molecule has 0 aliphatic carbocycles. The number of fused-ring (bicyclic) bond motifs is 2. The predicted octanol–water partition coefficient (Wildman–Crippen LogP) is 4.09. The molecule has 434 valence electrons. The van der Waals surface area contributed by atoms with Gasteiger partial charge in [0, 0.05) is 59.0 Å². The van der Waals surface area contributed by atoms with Crippen LogP contribution in [0, 0.1) is 11.8 Å². The van der Waals surface area contributed by atoms with E-state index < -0.39 is 59.9 Å². The van der Waals surface area contributed by atoms with Crippen molar-refractivity contribution in [3.63, 3.8) is 0 Å². The molecule has 1 aromatic rings. The lowest BCUT2D eigenvalue weighted by atomic mass is 9.91. The SMILES string of the molecule is CCC(C)CC(C)CCCCCCCCC(=O)NC.CCC1NC(=O)CCCNC(=O)C2CCCN2C(=O)C(CCCN(C)C)NC(=O)C(C(O)Cc2ccc(O)cc2)NC(=O)C2CCCN2C1=O.CNCCN(C)C. The molecule has 0 aromatic heterocycles. The van der Waals surface area contributed by atoms with Gasteiger partial charge >= 0.3 is 0 Å². The molecule has 8 atom stereocenters. The Balaban J connectivity index is 0.000000627. The summed E-state index contributed by atoms with van der Waals surface area (Å²) in [7, 11) is 11.6. The van der Waals surface area contributed by atoms with E-state index in [0.29, 0.717) is 70.0 Å². The number of phenolic OH excluding ortho intramolecular Hbond substituents is 1. The van der Waals surface area contributed by atoms with Gasteiger partial charge in [0.1, 0.15) is 36.0 Å². The Morgan fingerprint density at radius 2 is 1.32 bits per heavy atom. The number of aliphatic hydroxyl groups excluding tert-OH is 1. The van der Waals surface area contributed by atoms with Crippen molar-refractivity contribution in [1.29, 1.82) is 0 Å². The highest BCUT2D eigenvalue weighted by Gasteiger charge is 2.42. The van der Waals surface area contributed by atoms with E-state index in [0.717, 1.165) is 31.3 Å². The zero-order valence-electron chi connectivity index (χ0n) is 48.4. The van der Waals surface area contributed by atoms with Crippen LogP contribution in [0.1, 0.15) is 155 Å². The monoisotopic (exact) mass is 1070 g/mol. The Bertz CT molecular complexity index is 1870. The van der Waals surface area contributed by atoms with Gasteiger partial charge in [-0.3, -0.25) is 33.6 Å². The Kier molecular flexibility index (Phi) is 33.5. The highest BCUT2D eigenvalue weighted by atomic mass is 16.3. The summed E-state index contributed by atoms with van der Waals surface area (Å²) in [6.45, 7) is 12.4. The number of nitrogens with one attached hydrogen (secondary N) is 6. The maximum absolute atomic E-state index is 14.1. The second kappa shape index (κ2) is 37.8. The molecule has 8 unspecified atom stereocenters. The molecule has 3 saturated heterocycles. The normalized spacial score (nSPS) is 22.1. The van der Waals surface area contributed by atoms with E-state index in [9.17, 15) is 43.8 Å². The number of benzene rings is 1. The van der Waals surface area contributed by atoms with Gasteiger partial charge in [-0.15, -0.1) is 0 Å². The minimum atomic E-state index is -1.51. The van der Waals surface area contributed by atoms with Crippen molar-refractivity contribution in [3.05, 3.63) is 29.8 Å². The maximum Gasteiger partial charge on any atom is 0.245 e. The molecule has 0 spiro atoms. The predicted molar refractivity (Wildman–Crippen MR) is 300 cm³/mol. The summed E-state index contributed by atoms with van der Waals surface area (Å²) in [4.78, 5) is 99.8. The molecule has 4 rings (SSSR count). The van der Waals surface area contributed by atoms with Gasteiger partial charge in [-0.05, 0) is 136 Å². The standard InChI is InChI=1S/C35H53N7O8.C17H35NO.C5H14N2/c1-4-24-34(49)42-20-8-11-27(42)32(47)39-30(28(44)21-22-13-15-23(43)16-14-22)33(48)38-25(9-6-18-40(2)3)35(50)41-19-7-10-26(41)31(46)36-17-5-12-29(45)37-24;1-5-15(2)14-16(3)12-10-8-6-7-9-11-13-17(19)18-4;1-6-4-5-7(2)3/h13-16,24-28,30,43-44H,4-12,17-21H2,1-3H3,(H,36,46)(H,37,45)(H,38,48)(H,39,47);15-16H,5-14H2,1-4H3,(H,18,19);6H,4-5H2,1-3H3. The molecule has 0 bridgehead atoms. The average Bonchev–Trinajstić information content (AvgIpc) is 4.10. The van der Waals surface area contributed by atoms with Gasteiger partial charge in [-0.2, -0.15) is 0 Å². The fraction of sp³-hybridized carbons (Fsp3) is 0.772. The summed E-state index contributed by atoms with van der Waals surface area (Å²) >= 11 is 0. The molecule has 3 heterocycles. The molecule has 3 fully saturated rings. The maximum atomic E-state index is 14.1. The number of nitrogens with zero attached hydrogens (tertiary/aromatic N) is 4. The van der Waals surface area contributed by atoms with Gasteiger partial charge < -0.3 is 61.7 Å². The zero-order valence-corrected chi connectivity index (χ0v) is 48.4. The van der Waals surface area contributed by atoms with E-state index in [4.69, 9.17) is 0 Å². The number of carbonyl (C=O) groups is 7. The molecule has 8 N–H and O–H groups in total. The molecular weight excluding hydrogens is 969 g/mol. The number of hydrogen-bond acceptors (Lipinski definition) is 12. The van der Waals surface area contributed by atoms with Crippen LogP contribution in [0.3, 0.4) is 0 Å². The highest BCUT2D eigenvalue weighted by Crippen LogP contribution is 2.24. The molecule has 19 heteroatoms. The summed E-state index contributed by atoms with van der Waals surface area (Å²) < 4.78 is 0. The summed E-state index contributed by atoms with van der Waals surface area (Å²) in [5, 5.41) is 38.0. The van der Waals surface area contributed by atoms with Crippen LogP contribution in [0.5, 0.6) is 5.75 Å². The first kappa shape index (κ1) is 67.3. The summed E-state index contributed by atoms with van der Waals surface area (Å²) in [5.74, 6) is -0.986. The first-order valence-electron chi connectivity index (χ1n) is 28.7. The molecule has 0 radical (unpaired) electrons. The van der Waals surface area contributed by atoms with E-state index in [2.05, 4.69) is 71.7 Å². The first-order valence-corrected chi connectivity index (χ1v) is 28.7. The molecule has 76 heavy (non-hydrogen) atoms. The largest absolute Gasteiger partial charge is 0.508 e. The van der Waals surface area contributed by atoms with E-state index in [-0.39, 0.29) is 55.8 Å². The number of hydrogen-bond donors (Lipinski definition) is 8. The van der Waals surface area contributed by atoms with Crippen molar-refractivity contribution in [2.24, 2.45) is 11.8 Å². The Labute approximate surface area is 456 Å². The van der Waals surface area contributed by atoms with E-state index >= 15 is 0 Å². The van der Waals surface area contributed by atoms with Crippen molar-refractivity contribution in [2.75, 3.05) is 81.6 Å². The number of unbranched alkanes of at least 4 members (excludes halogenated alkanes) is 5. The zero-order chi connectivity index (χ0) is 56.6. The highest BCUT2D eigenvalue weighted by molar-refractivity contribution is 5.97. The van der Waals surface area contributed by atoms with E-state index in [1.54, 1.807) is 26.1 Å². The smallest absolute Gasteiger partial charge is 0.245 e. The Hall–Kier alpha value is -4.85. The van der Waals surface area contributed by atoms with Crippen LogP contribution in [0.15, 0.2) is 24.3 Å². The van der Waals surface area contributed by atoms with E-state index in [1.807, 2.05) is 26.0 Å². The van der Waals surface area contributed by atoms with Gasteiger partial charge in [-0.1, -0.05) is 84.8 Å². The second-order valence-electron chi connectivity index (χ2n) is 21.8. The lowest BCUT2D eigenvalue weighted by Crippen LogP contribution is -2.61. The van der Waals surface area contributed by atoms with Gasteiger partial charge in [0.2, 0.25) is 41.4 Å². The van der Waals surface area contributed by atoms with Crippen LogP contribution in [-0.2, 0) is 40.0 Å². The van der Waals surface area contributed by atoms with Crippen LogP contribution in [-0.4, -0.2) is 189 Å². The second-order valence-corrected chi connectivity index (χ2v) is 21.8. The Morgan fingerprint density at radius 1 is 0.724 bits per heavy atom. The number of carbonyl (C=O) groups excluding carboxylic acids is 7. The fourth-order valence-electron chi connectivity index (χ4n) is 9.81. The summed E-state index contributed by atoms with van der Waals surface area (Å²) in [6.07, 6.45) is 14.3. The minimum absolute atomic E-state index is 0.0253. The Morgan fingerprint density at radius 3 is 1.88 bits per heavy atom. The number of phenols is 1. The minimum Gasteiger partial charge on any atom is -0.508 e. The number of likely N-dealkylation sites (N-methyl/N-ethyl adjacent to an activating group) is 2. The molecular formula is C57H102N10O9. The quantitative estimate of drug-likeness (QED) is 0.0723. The molecule has 7 amide bonds. The van der Waals surface area contributed by atoms with Crippen molar-refractivity contribution >= 4 is 41.4 Å². The van der Waals surface area contributed by atoms with Crippen molar-refractivity contribution < 1.29 is 43.8 Å². The van der Waals surface area contributed by atoms with Gasteiger partial charge in [-0.25, -0.2) is 0 Å². The molecule has 19 nitrogen and oxygen atoms in total. The van der Waals surface area contributed by atoms with Crippen LogP contribution in [0.25, 0.3) is 0 Å². The number of aromatic hydroxyl groups is 1. The average molecular weight is 1070 g/mol. The van der Waals surface area contributed by atoms with Crippen molar-refractivity contribution in [3.8, 4) is 5.75 Å². The van der Waals surface area contributed by atoms with Crippen LogP contribution in [0.2, 0.25) is 0 Å². The van der Waals surface area contributed by atoms with Gasteiger partial charge in [0.15, 0.2) is 0 Å². The van der Waals surface area contributed by atoms with Gasteiger partial charge in [0.05, 0.1) is 6.10 Å². The lowest BCUT2D eigenvalue weighted by Gasteiger charge is -2.32. The summed E-state index contributed by atoms with van der Waals surface area (Å²) in [6, 6.07) is 0.970. The number of rotatable bonds is 23. The third-order valence-corrected chi connectivity index (χ3v) is 14.6. The van der Waals surface area contributed by atoms with E-state index in [1.165, 1.54) is 73.3 Å². The van der Waals surface area contributed by atoms with Crippen molar-refractivity contribution in [2.45, 2.75) is 192 Å². The lowest BCUT2D eigenvalue weighted by molar-refractivity contribution is -0.144. The third kappa shape index (κ3) is 26.0. The topological polar surface area (TPSA) is 245 Å². The van der Waals surface area contributed by atoms with Crippen LogP contribution < -0.4 is 31.9 Å². The number of aliphatic hydroxyl groups is 1. The molecule has 0 saturated carbocycles. The fourth-order valence-corrected chi connectivity index (χ4v) is 9.81. The molecule has 3 aliphatic rings.